The van der Waals surface area contributed by atoms with Crippen molar-refractivity contribution in [3.8, 4) is 0 Å². The third kappa shape index (κ3) is 1.90. The largest absolute Gasteiger partial charge is 0.374 e. The zero-order chi connectivity index (χ0) is 11.7. The van der Waals surface area contributed by atoms with Gasteiger partial charge in [-0.2, -0.15) is 5.21 Å². The molecule has 3 rings (SSSR count). The van der Waals surface area contributed by atoms with E-state index < -0.39 is 0 Å². The summed E-state index contributed by atoms with van der Waals surface area (Å²) in [5.74, 6) is 0.00942. The molecule has 7 nitrogen and oxygen atoms in total. The minimum Gasteiger partial charge on any atom is -0.374 e. The standard InChI is InChI=1S/C10H15N5O2/c16-10(9-11-13-14-12-9)15-5-6-17-8-4-2-1-3-7(8)15/h7-8H,1-6H2,(H,11,12,13,14). The van der Waals surface area contributed by atoms with E-state index >= 15 is 0 Å². The van der Waals surface area contributed by atoms with Crippen molar-refractivity contribution in [1.29, 1.82) is 0 Å². The van der Waals surface area contributed by atoms with Crippen LogP contribution in [0.15, 0.2) is 0 Å². The number of aromatic amines is 1. The lowest BCUT2D eigenvalue weighted by Crippen LogP contribution is -2.55. The van der Waals surface area contributed by atoms with E-state index in [0.717, 1.165) is 19.3 Å². The molecule has 1 aliphatic carbocycles. The average Bonchev–Trinajstić information content (AvgIpc) is 2.91. The molecule has 1 saturated carbocycles. The maximum Gasteiger partial charge on any atom is 0.295 e. The number of hydrogen-bond donors (Lipinski definition) is 1. The van der Waals surface area contributed by atoms with Crippen LogP contribution in [0.2, 0.25) is 0 Å². The van der Waals surface area contributed by atoms with E-state index in [1.807, 2.05) is 4.90 Å². The Labute approximate surface area is 98.5 Å². The fourth-order valence-electron chi connectivity index (χ4n) is 2.73. The van der Waals surface area contributed by atoms with Crippen LogP contribution in [0.3, 0.4) is 0 Å². The van der Waals surface area contributed by atoms with Crippen molar-refractivity contribution in [3.63, 3.8) is 0 Å². The number of nitrogens with one attached hydrogen (secondary N) is 1. The van der Waals surface area contributed by atoms with Gasteiger partial charge >= 0.3 is 0 Å². The van der Waals surface area contributed by atoms with E-state index in [1.54, 1.807) is 0 Å². The van der Waals surface area contributed by atoms with Gasteiger partial charge in [-0.25, -0.2) is 0 Å². The summed E-state index contributed by atoms with van der Waals surface area (Å²) >= 11 is 0. The first-order chi connectivity index (χ1) is 8.36. The van der Waals surface area contributed by atoms with Crippen LogP contribution in [-0.4, -0.2) is 56.7 Å². The zero-order valence-electron chi connectivity index (χ0n) is 9.50. The van der Waals surface area contributed by atoms with Crippen LogP contribution in [0, 0.1) is 0 Å². The van der Waals surface area contributed by atoms with Crippen molar-refractivity contribution in [2.45, 2.75) is 37.8 Å². The summed E-state index contributed by atoms with van der Waals surface area (Å²) in [7, 11) is 0. The summed E-state index contributed by atoms with van der Waals surface area (Å²) in [5.41, 5.74) is 0. The summed E-state index contributed by atoms with van der Waals surface area (Å²) in [6.07, 6.45) is 4.58. The number of carbonyl (C=O) groups is 1. The molecule has 0 radical (unpaired) electrons. The Morgan fingerprint density at radius 1 is 1.41 bits per heavy atom. The molecule has 1 aliphatic heterocycles. The summed E-state index contributed by atoms with van der Waals surface area (Å²) in [4.78, 5) is 14.0. The molecule has 17 heavy (non-hydrogen) atoms. The summed E-state index contributed by atoms with van der Waals surface area (Å²) in [6, 6.07) is 0.184. The maximum atomic E-state index is 12.2. The molecule has 92 valence electrons. The van der Waals surface area contributed by atoms with Crippen LogP contribution < -0.4 is 0 Å². The predicted molar refractivity (Wildman–Crippen MR) is 57.2 cm³/mol. The number of hydrogen-bond acceptors (Lipinski definition) is 5. The number of H-pyrrole nitrogens is 1. The topological polar surface area (TPSA) is 84.0 Å². The lowest BCUT2D eigenvalue weighted by Gasteiger charge is -2.43. The van der Waals surface area contributed by atoms with Gasteiger partial charge in [-0.1, -0.05) is 12.8 Å². The second kappa shape index (κ2) is 4.40. The number of tetrazole rings is 1. The highest BCUT2D eigenvalue weighted by Gasteiger charge is 2.37. The average molecular weight is 237 g/mol. The lowest BCUT2D eigenvalue weighted by molar-refractivity contribution is -0.0755. The third-order valence-electron chi connectivity index (χ3n) is 3.53. The Bertz CT molecular complexity index is 391. The van der Waals surface area contributed by atoms with Gasteiger partial charge in [0, 0.05) is 6.54 Å². The van der Waals surface area contributed by atoms with Gasteiger partial charge in [0.15, 0.2) is 0 Å². The fraction of sp³-hybridized carbons (Fsp3) is 0.800. The summed E-state index contributed by atoms with van der Waals surface area (Å²) in [5, 5.41) is 13.2. The van der Waals surface area contributed by atoms with Gasteiger partial charge in [0.25, 0.3) is 11.7 Å². The van der Waals surface area contributed by atoms with Crippen LogP contribution in [0.5, 0.6) is 0 Å². The molecule has 2 fully saturated rings. The summed E-state index contributed by atoms with van der Waals surface area (Å²) in [6.45, 7) is 1.22. The number of rotatable bonds is 1. The molecule has 1 N–H and O–H groups in total. The van der Waals surface area contributed by atoms with Gasteiger partial charge in [-0.05, 0) is 18.1 Å². The van der Waals surface area contributed by atoms with Gasteiger partial charge in [-0.3, -0.25) is 4.79 Å². The van der Waals surface area contributed by atoms with Crippen LogP contribution in [0.1, 0.15) is 36.3 Å². The molecule has 0 aromatic carbocycles. The molecule has 1 aromatic rings. The molecule has 2 atom stereocenters. The predicted octanol–water partition coefficient (Wildman–Crippen LogP) is -0.0167. The molecular weight excluding hydrogens is 222 g/mol. The van der Waals surface area contributed by atoms with E-state index in [9.17, 15) is 4.79 Å². The molecular formula is C10H15N5O2. The van der Waals surface area contributed by atoms with Gasteiger partial charge < -0.3 is 9.64 Å². The van der Waals surface area contributed by atoms with Crippen molar-refractivity contribution < 1.29 is 9.53 Å². The Hall–Kier alpha value is -1.50. The lowest BCUT2D eigenvalue weighted by atomic mass is 9.90. The highest BCUT2D eigenvalue weighted by Crippen LogP contribution is 2.28. The van der Waals surface area contributed by atoms with Crippen molar-refractivity contribution in [2.24, 2.45) is 0 Å². The van der Waals surface area contributed by atoms with Crippen LogP contribution in [0.25, 0.3) is 0 Å². The van der Waals surface area contributed by atoms with Crippen molar-refractivity contribution >= 4 is 5.91 Å². The van der Waals surface area contributed by atoms with Gasteiger partial charge in [0.2, 0.25) is 0 Å². The van der Waals surface area contributed by atoms with Crippen molar-refractivity contribution in [3.05, 3.63) is 5.82 Å². The third-order valence-corrected chi connectivity index (χ3v) is 3.53. The van der Waals surface area contributed by atoms with E-state index in [0.29, 0.717) is 13.2 Å². The van der Waals surface area contributed by atoms with E-state index in [-0.39, 0.29) is 23.9 Å². The number of nitrogens with zero attached hydrogens (tertiary/aromatic N) is 4. The number of aromatic nitrogens is 4. The number of morpholine rings is 1. The number of carbonyl (C=O) groups excluding carboxylic acids is 1. The minimum atomic E-state index is -0.140. The minimum absolute atomic E-state index is 0.140. The smallest absolute Gasteiger partial charge is 0.295 e. The second-order valence-electron chi connectivity index (χ2n) is 4.50. The second-order valence-corrected chi connectivity index (χ2v) is 4.50. The fourth-order valence-corrected chi connectivity index (χ4v) is 2.73. The first-order valence-corrected chi connectivity index (χ1v) is 6.02. The SMILES string of the molecule is O=C(c1nn[nH]n1)N1CCOC2CCCCC21. The molecule has 1 aromatic heterocycles. The highest BCUT2D eigenvalue weighted by atomic mass is 16.5. The van der Waals surface area contributed by atoms with E-state index in [4.69, 9.17) is 4.74 Å². The Kier molecular flexibility index (Phi) is 2.76. The molecule has 2 aliphatic rings. The van der Waals surface area contributed by atoms with Gasteiger partial charge in [0.05, 0.1) is 18.8 Å². The normalized spacial score (nSPS) is 28.8. The highest BCUT2D eigenvalue weighted by molar-refractivity contribution is 5.90. The molecule has 2 heterocycles. The first kappa shape index (κ1) is 10.6. The quantitative estimate of drug-likeness (QED) is 0.742. The van der Waals surface area contributed by atoms with Crippen LogP contribution in [0.4, 0.5) is 0 Å². The zero-order valence-corrected chi connectivity index (χ0v) is 9.50. The molecule has 1 saturated heterocycles. The maximum absolute atomic E-state index is 12.2. The van der Waals surface area contributed by atoms with E-state index in [1.165, 1.54) is 6.42 Å². The van der Waals surface area contributed by atoms with E-state index in [2.05, 4.69) is 20.6 Å². The van der Waals surface area contributed by atoms with Crippen molar-refractivity contribution in [2.75, 3.05) is 13.2 Å². The number of fused-ring (bicyclic) bond motifs is 1. The molecule has 1 amide bonds. The molecule has 7 heteroatoms. The number of ether oxygens (including phenoxy) is 1. The van der Waals surface area contributed by atoms with Gasteiger partial charge in [-0.15, -0.1) is 10.2 Å². The van der Waals surface area contributed by atoms with Gasteiger partial charge in [0.1, 0.15) is 0 Å². The summed E-state index contributed by atoms with van der Waals surface area (Å²) < 4.78 is 5.72. The van der Waals surface area contributed by atoms with Crippen LogP contribution in [-0.2, 0) is 4.74 Å². The first-order valence-electron chi connectivity index (χ1n) is 6.02. The Morgan fingerprint density at radius 3 is 3.12 bits per heavy atom. The molecule has 2 unspecified atom stereocenters. The Morgan fingerprint density at radius 2 is 2.29 bits per heavy atom. The van der Waals surface area contributed by atoms with Crippen LogP contribution >= 0.6 is 0 Å². The Balaban J connectivity index is 1.79. The number of amides is 1. The van der Waals surface area contributed by atoms with Crippen molar-refractivity contribution in [1.82, 2.24) is 25.5 Å². The monoisotopic (exact) mass is 237 g/mol. The molecule has 0 bridgehead atoms. The molecule has 0 spiro atoms.